The topological polar surface area (TPSA) is 35.3 Å². The first kappa shape index (κ1) is 14.2. The van der Waals surface area contributed by atoms with Crippen molar-refractivity contribution in [1.82, 2.24) is 4.98 Å². The lowest BCUT2D eigenvalue weighted by atomic mass is 10.1. The Morgan fingerprint density at radius 3 is 2.25 bits per heavy atom. The number of oxazole rings is 1. The fourth-order valence-electron chi connectivity index (χ4n) is 1.34. The van der Waals surface area contributed by atoms with Gasteiger partial charge in [0.1, 0.15) is 5.75 Å². The molecule has 0 aliphatic rings. The number of hydrogen-bond acceptors (Lipinski definition) is 3. The SMILES string of the molecule is FC(F)(F)c1ccc(Oc2nc[c]o2)c(C(F)(F)F)c1. The van der Waals surface area contributed by atoms with E-state index in [-0.39, 0.29) is 6.07 Å². The van der Waals surface area contributed by atoms with Gasteiger partial charge in [0, 0.05) is 0 Å². The van der Waals surface area contributed by atoms with Crippen LogP contribution in [0, 0.1) is 6.26 Å². The lowest BCUT2D eigenvalue weighted by Gasteiger charge is -2.14. The second-order valence-electron chi connectivity index (χ2n) is 3.55. The Morgan fingerprint density at radius 2 is 1.75 bits per heavy atom. The summed E-state index contributed by atoms with van der Waals surface area (Å²) in [6, 6.07) is 0.981. The van der Waals surface area contributed by atoms with Crippen molar-refractivity contribution in [2.24, 2.45) is 0 Å². The summed E-state index contributed by atoms with van der Waals surface area (Å²) in [5.74, 6) is -0.846. The van der Waals surface area contributed by atoms with Gasteiger partial charge in [0.05, 0.1) is 17.3 Å². The molecule has 3 nitrogen and oxygen atoms in total. The number of hydrogen-bond donors (Lipinski definition) is 0. The number of halogens is 6. The van der Waals surface area contributed by atoms with Crippen molar-refractivity contribution in [3.8, 4) is 11.8 Å². The van der Waals surface area contributed by atoms with Gasteiger partial charge in [0.25, 0.3) is 0 Å². The van der Waals surface area contributed by atoms with Crippen molar-refractivity contribution in [2.45, 2.75) is 12.4 Å². The molecule has 0 saturated carbocycles. The van der Waals surface area contributed by atoms with Gasteiger partial charge in [-0.25, -0.2) is 0 Å². The Balaban J connectivity index is 2.46. The highest BCUT2D eigenvalue weighted by atomic mass is 19.4. The number of benzene rings is 1. The summed E-state index contributed by atoms with van der Waals surface area (Å²) in [7, 11) is 0. The number of rotatable bonds is 2. The van der Waals surface area contributed by atoms with Gasteiger partial charge in [-0.05, 0) is 18.2 Å². The van der Waals surface area contributed by atoms with Crippen LogP contribution in [0.25, 0.3) is 0 Å². The van der Waals surface area contributed by atoms with E-state index in [0.29, 0.717) is 12.1 Å². The molecule has 2 rings (SSSR count). The summed E-state index contributed by atoms with van der Waals surface area (Å²) in [4.78, 5) is 3.37. The average Bonchev–Trinajstić information content (AvgIpc) is 2.79. The Kier molecular flexibility index (Phi) is 3.36. The van der Waals surface area contributed by atoms with Gasteiger partial charge in [-0.2, -0.15) is 31.3 Å². The van der Waals surface area contributed by atoms with E-state index in [2.05, 4.69) is 20.4 Å². The summed E-state index contributed by atoms with van der Waals surface area (Å²) in [5, 5.41) is 0. The van der Waals surface area contributed by atoms with Gasteiger partial charge in [-0.15, -0.1) is 0 Å². The van der Waals surface area contributed by atoms with Crippen LogP contribution in [0.1, 0.15) is 11.1 Å². The van der Waals surface area contributed by atoms with Gasteiger partial charge < -0.3 is 9.15 Å². The molecule has 0 unspecified atom stereocenters. The van der Waals surface area contributed by atoms with Gasteiger partial charge in [-0.1, -0.05) is 0 Å². The number of aromatic nitrogens is 1. The van der Waals surface area contributed by atoms with Crippen molar-refractivity contribution < 1.29 is 35.5 Å². The molecule has 2 aromatic rings. The average molecular weight is 296 g/mol. The van der Waals surface area contributed by atoms with Crippen LogP contribution in [-0.2, 0) is 12.4 Å². The second-order valence-corrected chi connectivity index (χ2v) is 3.55. The van der Waals surface area contributed by atoms with Crippen LogP contribution in [-0.4, -0.2) is 4.98 Å². The standard InChI is InChI=1S/C11H4F6NO2/c12-10(13,14)6-1-2-8(7(5-6)11(15,16)17)20-9-18-3-4-19-9/h1-3,5H. The van der Waals surface area contributed by atoms with E-state index in [1.54, 1.807) is 0 Å². The smallest absolute Gasteiger partial charge is 0.410 e. The predicted molar refractivity (Wildman–Crippen MR) is 51.9 cm³/mol. The molecule has 0 N–H and O–H groups in total. The molecule has 1 aromatic carbocycles. The summed E-state index contributed by atoms with van der Waals surface area (Å²) in [5.41, 5.74) is -3.01. The van der Waals surface area contributed by atoms with E-state index in [1.165, 1.54) is 0 Å². The highest BCUT2D eigenvalue weighted by Crippen LogP contribution is 2.41. The third kappa shape index (κ3) is 3.03. The molecule has 107 valence electrons. The maximum atomic E-state index is 12.7. The summed E-state index contributed by atoms with van der Waals surface area (Å²) in [6.07, 6.45) is -7.41. The zero-order valence-electron chi connectivity index (χ0n) is 9.34. The van der Waals surface area contributed by atoms with Crippen LogP contribution in [0.15, 0.2) is 28.8 Å². The second kappa shape index (κ2) is 4.73. The highest BCUT2D eigenvalue weighted by Gasteiger charge is 2.39. The molecule has 1 aromatic heterocycles. The van der Waals surface area contributed by atoms with Crippen LogP contribution in [0.2, 0.25) is 0 Å². The summed E-state index contributed by atoms with van der Waals surface area (Å²) < 4.78 is 84.6. The molecular formula is C11H4F6NO2. The van der Waals surface area contributed by atoms with Crippen LogP contribution in [0.5, 0.6) is 11.8 Å². The molecule has 0 bridgehead atoms. The molecule has 20 heavy (non-hydrogen) atoms. The van der Waals surface area contributed by atoms with Crippen molar-refractivity contribution in [1.29, 1.82) is 0 Å². The van der Waals surface area contributed by atoms with Crippen molar-refractivity contribution in [3.63, 3.8) is 0 Å². The van der Waals surface area contributed by atoms with E-state index < -0.39 is 35.3 Å². The lowest BCUT2D eigenvalue weighted by Crippen LogP contribution is -2.11. The molecular weight excluding hydrogens is 292 g/mol. The molecule has 0 amide bonds. The zero-order chi connectivity index (χ0) is 15.0. The van der Waals surface area contributed by atoms with Gasteiger partial charge >= 0.3 is 18.4 Å². The third-order valence-corrected chi connectivity index (χ3v) is 2.18. The fourth-order valence-corrected chi connectivity index (χ4v) is 1.34. The van der Waals surface area contributed by atoms with Crippen LogP contribution in [0.4, 0.5) is 26.3 Å². The zero-order valence-corrected chi connectivity index (χ0v) is 9.34. The molecule has 0 atom stereocenters. The summed E-state index contributed by atoms with van der Waals surface area (Å²) in [6.45, 7) is 0. The van der Waals surface area contributed by atoms with Gasteiger partial charge in [-0.3, -0.25) is 0 Å². The number of nitrogens with zero attached hydrogens (tertiary/aromatic N) is 1. The molecule has 1 radical (unpaired) electrons. The highest BCUT2D eigenvalue weighted by molar-refractivity contribution is 5.41. The minimum atomic E-state index is -5.02. The monoisotopic (exact) mass is 296 g/mol. The molecule has 1 heterocycles. The third-order valence-electron chi connectivity index (χ3n) is 2.18. The van der Waals surface area contributed by atoms with Crippen molar-refractivity contribution in [2.75, 3.05) is 0 Å². The van der Waals surface area contributed by atoms with E-state index in [0.717, 1.165) is 6.20 Å². The van der Waals surface area contributed by atoms with Crippen molar-refractivity contribution >= 4 is 0 Å². The predicted octanol–water partition coefficient (Wildman–Crippen LogP) is 4.30. The fraction of sp³-hybridized carbons (Fsp3) is 0.182. The minimum absolute atomic E-state index is 0.0397. The molecule has 0 aliphatic carbocycles. The molecule has 0 fully saturated rings. The number of alkyl halides is 6. The maximum absolute atomic E-state index is 12.7. The molecule has 0 saturated heterocycles. The van der Waals surface area contributed by atoms with E-state index in [4.69, 9.17) is 0 Å². The lowest BCUT2D eigenvalue weighted by molar-refractivity contribution is -0.143. The maximum Gasteiger partial charge on any atom is 0.420 e. The quantitative estimate of drug-likeness (QED) is 0.775. The molecule has 9 heteroatoms. The minimum Gasteiger partial charge on any atom is -0.410 e. The first-order valence-corrected chi connectivity index (χ1v) is 4.96. The largest absolute Gasteiger partial charge is 0.420 e. The normalized spacial score (nSPS) is 12.5. The van der Waals surface area contributed by atoms with E-state index in [1.807, 2.05) is 0 Å². The van der Waals surface area contributed by atoms with Gasteiger partial charge in [0.2, 0.25) is 0 Å². The van der Waals surface area contributed by atoms with Crippen LogP contribution in [0.3, 0.4) is 0 Å². The first-order valence-electron chi connectivity index (χ1n) is 4.96. The first-order chi connectivity index (χ1) is 9.18. The van der Waals surface area contributed by atoms with E-state index in [9.17, 15) is 26.3 Å². The Labute approximate surface area is 107 Å². The van der Waals surface area contributed by atoms with Crippen molar-refractivity contribution in [3.05, 3.63) is 41.8 Å². The Bertz CT molecular complexity index is 588. The number of ether oxygens (including phenoxy) is 1. The molecule has 0 aliphatic heterocycles. The van der Waals surface area contributed by atoms with Crippen LogP contribution < -0.4 is 4.74 Å². The summed E-state index contributed by atoms with van der Waals surface area (Å²) >= 11 is 0. The molecule has 0 spiro atoms. The van der Waals surface area contributed by atoms with Crippen LogP contribution >= 0.6 is 0 Å². The Morgan fingerprint density at radius 1 is 1.05 bits per heavy atom. The van der Waals surface area contributed by atoms with Gasteiger partial charge in [0.15, 0.2) is 6.26 Å². The van der Waals surface area contributed by atoms with E-state index >= 15 is 0 Å². The Hall–Kier alpha value is -2.19.